The van der Waals surface area contributed by atoms with Gasteiger partial charge in [0.2, 0.25) is 5.91 Å². The van der Waals surface area contributed by atoms with E-state index in [-0.39, 0.29) is 35.1 Å². The standard InChI is InChI=1S/C20H18Cl2N2O3S2/c21-14-7-8-16(15(22)10-14)24-17-11-29(26,27)12-18(17)28-20(24)23-19(25)9-6-13-4-2-1-3-5-13/h1-5,7-8,10,17-18H,6,9,11-12H2/t17-,18-/m0/s1. The minimum atomic E-state index is -3.14. The van der Waals surface area contributed by atoms with E-state index in [9.17, 15) is 13.2 Å². The van der Waals surface area contributed by atoms with Crippen LogP contribution in [0.1, 0.15) is 12.0 Å². The molecule has 0 unspecified atom stereocenters. The Balaban J connectivity index is 1.60. The number of aliphatic imine (C=N–C) groups is 1. The maximum Gasteiger partial charge on any atom is 0.248 e. The number of rotatable bonds is 4. The molecule has 9 heteroatoms. The van der Waals surface area contributed by atoms with E-state index in [1.807, 2.05) is 30.3 Å². The summed E-state index contributed by atoms with van der Waals surface area (Å²) in [6.45, 7) is 0. The Hall–Kier alpha value is -1.54. The minimum absolute atomic E-state index is 0.0147. The number of anilines is 1. The van der Waals surface area contributed by atoms with Crippen LogP contribution in [0.2, 0.25) is 10.0 Å². The van der Waals surface area contributed by atoms with Gasteiger partial charge in [-0.2, -0.15) is 4.99 Å². The van der Waals surface area contributed by atoms with Crippen LogP contribution in [-0.4, -0.2) is 42.3 Å². The van der Waals surface area contributed by atoms with Crippen molar-refractivity contribution in [1.82, 2.24) is 0 Å². The van der Waals surface area contributed by atoms with E-state index in [1.54, 1.807) is 23.1 Å². The summed E-state index contributed by atoms with van der Waals surface area (Å²) in [7, 11) is -3.14. The first-order chi connectivity index (χ1) is 13.8. The Morgan fingerprint density at radius 2 is 1.90 bits per heavy atom. The lowest BCUT2D eigenvalue weighted by Gasteiger charge is -2.25. The third-order valence-corrected chi connectivity index (χ3v) is 8.67. The Morgan fingerprint density at radius 1 is 1.14 bits per heavy atom. The third kappa shape index (κ3) is 4.63. The van der Waals surface area contributed by atoms with Crippen LogP contribution < -0.4 is 4.90 Å². The maximum absolute atomic E-state index is 12.5. The van der Waals surface area contributed by atoms with Gasteiger partial charge in [-0.25, -0.2) is 8.42 Å². The quantitative estimate of drug-likeness (QED) is 0.671. The molecule has 0 aliphatic carbocycles. The van der Waals surface area contributed by atoms with Crippen LogP contribution in [0.15, 0.2) is 53.5 Å². The number of halogens is 2. The molecule has 152 valence electrons. The molecule has 1 amide bonds. The average Bonchev–Trinajstić information content (AvgIpc) is 3.12. The zero-order chi connectivity index (χ0) is 20.6. The van der Waals surface area contributed by atoms with Gasteiger partial charge in [0, 0.05) is 16.7 Å². The van der Waals surface area contributed by atoms with Gasteiger partial charge >= 0.3 is 0 Å². The molecule has 0 spiro atoms. The van der Waals surface area contributed by atoms with E-state index in [0.717, 1.165) is 5.56 Å². The second-order valence-electron chi connectivity index (χ2n) is 7.04. The van der Waals surface area contributed by atoms with Crippen LogP contribution >= 0.6 is 35.0 Å². The number of nitrogens with zero attached hydrogens (tertiary/aromatic N) is 2. The number of amidine groups is 1. The molecule has 0 bridgehead atoms. The molecule has 4 rings (SSSR count). The molecule has 2 aliphatic rings. The number of carbonyl (C=O) groups excluding carboxylic acids is 1. The van der Waals surface area contributed by atoms with Crippen LogP contribution in [0.4, 0.5) is 5.69 Å². The molecule has 29 heavy (non-hydrogen) atoms. The number of fused-ring (bicyclic) bond motifs is 1. The first-order valence-corrected chi connectivity index (χ1v) is 12.5. The molecule has 5 nitrogen and oxygen atoms in total. The molecular formula is C20H18Cl2N2O3S2. The highest BCUT2D eigenvalue weighted by Gasteiger charge is 2.49. The van der Waals surface area contributed by atoms with Crippen molar-refractivity contribution >= 4 is 61.6 Å². The van der Waals surface area contributed by atoms with Gasteiger partial charge in [-0.05, 0) is 30.2 Å². The van der Waals surface area contributed by atoms with Crippen LogP contribution in [0, 0.1) is 0 Å². The first kappa shape index (κ1) is 20.7. The minimum Gasteiger partial charge on any atom is -0.314 e. The molecule has 2 heterocycles. The monoisotopic (exact) mass is 468 g/mol. The van der Waals surface area contributed by atoms with Gasteiger partial charge in [-0.1, -0.05) is 65.3 Å². The smallest absolute Gasteiger partial charge is 0.248 e. The van der Waals surface area contributed by atoms with Gasteiger partial charge in [0.05, 0.1) is 28.3 Å². The number of thioether (sulfide) groups is 1. The van der Waals surface area contributed by atoms with E-state index in [4.69, 9.17) is 23.2 Å². The Labute approximate surface area is 184 Å². The highest BCUT2D eigenvalue weighted by molar-refractivity contribution is 8.16. The second kappa shape index (κ2) is 8.30. The normalized spacial score (nSPS) is 24.1. The summed E-state index contributed by atoms with van der Waals surface area (Å²) in [5.74, 6) is -0.156. The maximum atomic E-state index is 12.5. The molecule has 2 fully saturated rings. The predicted molar refractivity (Wildman–Crippen MR) is 120 cm³/mol. The lowest BCUT2D eigenvalue weighted by molar-refractivity contribution is -0.117. The summed E-state index contributed by atoms with van der Waals surface area (Å²) in [6.07, 6.45) is 0.883. The summed E-state index contributed by atoms with van der Waals surface area (Å²) in [5, 5.41) is 1.20. The number of sulfone groups is 1. The summed E-state index contributed by atoms with van der Waals surface area (Å²) < 4.78 is 24.3. The zero-order valence-corrected chi connectivity index (χ0v) is 18.4. The SMILES string of the molecule is O=C(CCc1ccccc1)N=C1S[C@H]2CS(=O)(=O)C[C@@H]2N1c1ccc(Cl)cc1Cl. The molecule has 0 saturated carbocycles. The molecule has 2 saturated heterocycles. The molecule has 0 aromatic heterocycles. The number of carbonyl (C=O) groups is 1. The summed E-state index contributed by atoms with van der Waals surface area (Å²) >= 11 is 13.7. The van der Waals surface area contributed by atoms with Crippen LogP contribution in [-0.2, 0) is 21.1 Å². The van der Waals surface area contributed by atoms with Crippen molar-refractivity contribution in [2.24, 2.45) is 4.99 Å². The van der Waals surface area contributed by atoms with Crippen LogP contribution in [0.3, 0.4) is 0 Å². The number of amides is 1. The Bertz CT molecular complexity index is 1070. The van der Waals surface area contributed by atoms with E-state index in [0.29, 0.717) is 27.3 Å². The fourth-order valence-corrected chi connectivity index (χ4v) is 8.01. The molecule has 0 radical (unpaired) electrons. The van der Waals surface area contributed by atoms with E-state index >= 15 is 0 Å². The molecule has 2 aromatic rings. The molecule has 2 aliphatic heterocycles. The summed E-state index contributed by atoms with van der Waals surface area (Å²) in [4.78, 5) is 18.6. The third-order valence-electron chi connectivity index (χ3n) is 4.93. The van der Waals surface area contributed by atoms with Gasteiger partial charge in [-0.3, -0.25) is 4.79 Å². The molecule has 2 atom stereocenters. The number of hydrogen-bond acceptors (Lipinski definition) is 4. The van der Waals surface area contributed by atoms with Gasteiger partial charge in [-0.15, -0.1) is 0 Å². The van der Waals surface area contributed by atoms with Crippen molar-refractivity contribution in [2.45, 2.75) is 24.1 Å². The highest BCUT2D eigenvalue weighted by atomic mass is 35.5. The lowest BCUT2D eigenvalue weighted by Crippen LogP contribution is -2.37. The van der Waals surface area contributed by atoms with Crippen LogP contribution in [0.5, 0.6) is 0 Å². The lowest BCUT2D eigenvalue weighted by atomic mass is 10.1. The average molecular weight is 469 g/mol. The first-order valence-electron chi connectivity index (χ1n) is 9.09. The largest absolute Gasteiger partial charge is 0.314 e. The van der Waals surface area contributed by atoms with Gasteiger partial charge < -0.3 is 4.90 Å². The predicted octanol–water partition coefficient (Wildman–Crippen LogP) is 4.23. The fraction of sp³-hybridized carbons (Fsp3) is 0.300. The highest BCUT2D eigenvalue weighted by Crippen LogP contribution is 2.43. The van der Waals surface area contributed by atoms with Crippen molar-refractivity contribution in [1.29, 1.82) is 0 Å². The summed E-state index contributed by atoms with van der Waals surface area (Å²) in [5.41, 5.74) is 1.68. The van der Waals surface area contributed by atoms with Gasteiger partial charge in [0.1, 0.15) is 0 Å². The topological polar surface area (TPSA) is 66.8 Å². The number of aryl methyl sites for hydroxylation is 1. The van der Waals surface area contributed by atoms with Crippen molar-refractivity contribution in [2.75, 3.05) is 16.4 Å². The van der Waals surface area contributed by atoms with Crippen molar-refractivity contribution in [3.05, 3.63) is 64.1 Å². The van der Waals surface area contributed by atoms with Gasteiger partial charge in [0.15, 0.2) is 15.0 Å². The van der Waals surface area contributed by atoms with Crippen molar-refractivity contribution in [3.63, 3.8) is 0 Å². The fourth-order valence-electron chi connectivity index (χ4n) is 3.58. The van der Waals surface area contributed by atoms with E-state index in [2.05, 4.69) is 4.99 Å². The van der Waals surface area contributed by atoms with Gasteiger partial charge in [0.25, 0.3) is 0 Å². The molecule has 2 aromatic carbocycles. The summed E-state index contributed by atoms with van der Waals surface area (Å²) in [6, 6.07) is 14.5. The molecule has 0 N–H and O–H groups in total. The Morgan fingerprint density at radius 3 is 2.62 bits per heavy atom. The molecular weight excluding hydrogens is 451 g/mol. The zero-order valence-electron chi connectivity index (χ0n) is 15.3. The van der Waals surface area contributed by atoms with Crippen LogP contribution in [0.25, 0.3) is 0 Å². The number of hydrogen-bond donors (Lipinski definition) is 0. The van der Waals surface area contributed by atoms with E-state index < -0.39 is 9.84 Å². The Kier molecular flexibility index (Phi) is 5.93. The second-order valence-corrected chi connectivity index (χ2v) is 11.2. The van der Waals surface area contributed by atoms with E-state index in [1.165, 1.54) is 11.8 Å². The van der Waals surface area contributed by atoms with Crippen molar-refractivity contribution in [3.8, 4) is 0 Å². The number of benzene rings is 2. The van der Waals surface area contributed by atoms with Crippen molar-refractivity contribution < 1.29 is 13.2 Å².